The van der Waals surface area contributed by atoms with Crippen molar-refractivity contribution in [2.75, 3.05) is 31.9 Å². The highest BCUT2D eigenvalue weighted by atomic mass is 16.7. The predicted octanol–water partition coefficient (Wildman–Crippen LogP) is 2.96. The third-order valence-electron chi connectivity index (χ3n) is 5.15. The van der Waals surface area contributed by atoms with Crippen molar-refractivity contribution in [2.45, 2.75) is 25.5 Å². The number of piperidine rings is 1. The molecule has 1 fully saturated rings. The number of fused-ring (bicyclic) bond motifs is 1. The zero-order chi connectivity index (χ0) is 18.6. The molecule has 2 aliphatic heterocycles. The van der Waals surface area contributed by atoms with Crippen LogP contribution in [0.5, 0.6) is 11.5 Å². The standard InChI is InChI=1S/C21H24N2O4/c1-25-19-5-3-18(4-6-19)23-10-8-17(9-11-23)22-21(24)15-2-7-20-16(12-15)13-26-14-27-20/h2-7,12,17H,8-11,13-14H2,1H3,(H,22,24). The highest BCUT2D eigenvalue weighted by Gasteiger charge is 2.22. The lowest BCUT2D eigenvalue weighted by Gasteiger charge is -2.34. The molecule has 2 heterocycles. The molecule has 0 bridgehead atoms. The number of hydrogen-bond donors (Lipinski definition) is 1. The molecule has 0 saturated carbocycles. The second-order valence-electron chi connectivity index (χ2n) is 6.87. The second kappa shape index (κ2) is 7.88. The monoisotopic (exact) mass is 368 g/mol. The van der Waals surface area contributed by atoms with Gasteiger partial charge in [-0.25, -0.2) is 0 Å². The smallest absolute Gasteiger partial charge is 0.251 e. The van der Waals surface area contributed by atoms with Crippen molar-refractivity contribution in [3.05, 3.63) is 53.6 Å². The number of ether oxygens (including phenoxy) is 3. The van der Waals surface area contributed by atoms with Crippen LogP contribution in [0.4, 0.5) is 5.69 Å². The largest absolute Gasteiger partial charge is 0.497 e. The molecule has 0 radical (unpaired) electrons. The number of benzene rings is 2. The molecular weight excluding hydrogens is 344 g/mol. The van der Waals surface area contributed by atoms with Crippen LogP contribution in [0, 0.1) is 0 Å². The minimum absolute atomic E-state index is 0.0359. The summed E-state index contributed by atoms with van der Waals surface area (Å²) < 4.78 is 15.9. The van der Waals surface area contributed by atoms with E-state index >= 15 is 0 Å². The molecule has 2 aliphatic rings. The molecule has 6 heteroatoms. The molecule has 0 aliphatic carbocycles. The van der Waals surface area contributed by atoms with Gasteiger partial charge < -0.3 is 24.4 Å². The van der Waals surface area contributed by atoms with E-state index in [1.165, 1.54) is 5.69 Å². The maximum Gasteiger partial charge on any atom is 0.251 e. The SMILES string of the molecule is COc1ccc(N2CCC(NC(=O)c3ccc4c(c3)COCO4)CC2)cc1. The third kappa shape index (κ3) is 4.01. The van der Waals surface area contributed by atoms with Crippen molar-refractivity contribution in [2.24, 2.45) is 0 Å². The van der Waals surface area contributed by atoms with Crippen molar-refractivity contribution in [1.29, 1.82) is 0 Å². The van der Waals surface area contributed by atoms with Crippen LogP contribution in [0.15, 0.2) is 42.5 Å². The van der Waals surface area contributed by atoms with E-state index in [4.69, 9.17) is 14.2 Å². The number of nitrogens with zero attached hydrogens (tertiary/aromatic N) is 1. The van der Waals surface area contributed by atoms with Crippen LogP contribution in [-0.2, 0) is 11.3 Å². The van der Waals surface area contributed by atoms with Crippen molar-refractivity contribution >= 4 is 11.6 Å². The molecule has 2 aromatic rings. The summed E-state index contributed by atoms with van der Waals surface area (Å²) >= 11 is 0. The van der Waals surface area contributed by atoms with Crippen molar-refractivity contribution in [3.63, 3.8) is 0 Å². The van der Waals surface area contributed by atoms with Crippen molar-refractivity contribution < 1.29 is 19.0 Å². The number of hydrogen-bond acceptors (Lipinski definition) is 5. The minimum Gasteiger partial charge on any atom is -0.497 e. The number of anilines is 1. The maximum absolute atomic E-state index is 12.6. The Morgan fingerprint density at radius 3 is 2.67 bits per heavy atom. The van der Waals surface area contributed by atoms with Gasteiger partial charge >= 0.3 is 0 Å². The zero-order valence-corrected chi connectivity index (χ0v) is 15.4. The van der Waals surface area contributed by atoms with Gasteiger partial charge in [0, 0.05) is 35.9 Å². The Morgan fingerprint density at radius 2 is 1.93 bits per heavy atom. The Kier molecular flexibility index (Phi) is 5.16. The summed E-state index contributed by atoms with van der Waals surface area (Å²) in [6.45, 7) is 2.59. The van der Waals surface area contributed by atoms with Gasteiger partial charge in [-0.05, 0) is 55.3 Å². The summed E-state index contributed by atoms with van der Waals surface area (Å²) in [7, 11) is 1.67. The molecule has 0 unspecified atom stereocenters. The van der Waals surface area contributed by atoms with Gasteiger partial charge in [0.2, 0.25) is 0 Å². The van der Waals surface area contributed by atoms with E-state index < -0.39 is 0 Å². The van der Waals surface area contributed by atoms with Crippen LogP contribution in [-0.4, -0.2) is 38.9 Å². The van der Waals surface area contributed by atoms with Crippen molar-refractivity contribution in [1.82, 2.24) is 5.32 Å². The summed E-state index contributed by atoms with van der Waals surface area (Å²) in [4.78, 5) is 14.9. The van der Waals surface area contributed by atoms with Crippen LogP contribution < -0.4 is 19.7 Å². The van der Waals surface area contributed by atoms with E-state index in [0.29, 0.717) is 12.2 Å². The average Bonchev–Trinajstić information content (AvgIpc) is 2.74. The minimum atomic E-state index is -0.0359. The third-order valence-corrected chi connectivity index (χ3v) is 5.15. The fourth-order valence-corrected chi connectivity index (χ4v) is 3.57. The van der Waals surface area contributed by atoms with Crippen LogP contribution >= 0.6 is 0 Å². The van der Waals surface area contributed by atoms with Gasteiger partial charge in [0.05, 0.1) is 13.7 Å². The highest BCUT2D eigenvalue weighted by molar-refractivity contribution is 5.94. The molecule has 1 N–H and O–H groups in total. The van der Waals surface area contributed by atoms with Crippen LogP contribution in [0.2, 0.25) is 0 Å². The number of carbonyl (C=O) groups is 1. The van der Waals surface area contributed by atoms with E-state index in [1.54, 1.807) is 7.11 Å². The molecule has 6 nitrogen and oxygen atoms in total. The molecule has 0 atom stereocenters. The maximum atomic E-state index is 12.6. The van der Waals surface area contributed by atoms with E-state index in [1.807, 2.05) is 30.3 Å². The Bertz CT molecular complexity index is 798. The number of carbonyl (C=O) groups excluding carboxylic acids is 1. The highest BCUT2D eigenvalue weighted by Crippen LogP contribution is 2.25. The first-order valence-corrected chi connectivity index (χ1v) is 9.26. The number of amides is 1. The first-order chi connectivity index (χ1) is 13.2. The van der Waals surface area contributed by atoms with Gasteiger partial charge in [0.1, 0.15) is 11.5 Å². The lowest BCUT2D eigenvalue weighted by atomic mass is 10.0. The second-order valence-corrected chi connectivity index (χ2v) is 6.87. The summed E-state index contributed by atoms with van der Waals surface area (Å²) in [6, 6.07) is 13.8. The van der Waals surface area contributed by atoms with Gasteiger partial charge in [-0.3, -0.25) is 4.79 Å². The predicted molar refractivity (Wildman–Crippen MR) is 102 cm³/mol. The van der Waals surface area contributed by atoms with Crippen molar-refractivity contribution in [3.8, 4) is 11.5 Å². The molecule has 0 aromatic heterocycles. The van der Waals surface area contributed by atoms with Gasteiger partial charge in [0.15, 0.2) is 6.79 Å². The van der Waals surface area contributed by atoms with E-state index in [9.17, 15) is 4.79 Å². The lowest BCUT2D eigenvalue weighted by Crippen LogP contribution is -2.44. The van der Waals surface area contributed by atoms with Crippen LogP contribution in [0.1, 0.15) is 28.8 Å². The summed E-state index contributed by atoms with van der Waals surface area (Å²) in [5.74, 6) is 1.62. The Hall–Kier alpha value is -2.73. The molecule has 4 rings (SSSR count). The van der Waals surface area contributed by atoms with E-state index in [0.717, 1.165) is 43.0 Å². The van der Waals surface area contributed by atoms with Gasteiger partial charge in [0.25, 0.3) is 5.91 Å². The number of rotatable bonds is 4. The first-order valence-electron chi connectivity index (χ1n) is 9.26. The van der Waals surface area contributed by atoms with E-state index in [2.05, 4.69) is 22.3 Å². The Labute approximate surface area is 159 Å². The van der Waals surface area contributed by atoms with E-state index in [-0.39, 0.29) is 18.7 Å². The summed E-state index contributed by atoms with van der Waals surface area (Å²) in [5, 5.41) is 3.16. The molecule has 0 spiro atoms. The first kappa shape index (κ1) is 17.7. The fourth-order valence-electron chi connectivity index (χ4n) is 3.57. The summed E-state index contributed by atoms with van der Waals surface area (Å²) in [6.07, 6.45) is 1.85. The molecule has 27 heavy (non-hydrogen) atoms. The number of nitrogens with one attached hydrogen (secondary N) is 1. The molecule has 1 amide bonds. The zero-order valence-electron chi connectivity index (χ0n) is 15.4. The van der Waals surface area contributed by atoms with Crippen LogP contribution in [0.3, 0.4) is 0 Å². The van der Waals surface area contributed by atoms with Gasteiger partial charge in [-0.2, -0.15) is 0 Å². The average molecular weight is 368 g/mol. The van der Waals surface area contributed by atoms with Crippen LogP contribution in [0.25, 0.3) is 0 Å². The lowest BCUT2D eigenvalue weighted by molar-refractivity contribution is -0.0163. The number of methoxy groups -OCH3 is 1. The fraction of sp³-hybridized carbons (Fsp3) is 0.381. The van der Waals surface area contributed by atoms with Gasteiger partial charge in [-0.1, -0.05) is 0 Å². The Morgan fingerprint density at radius 1 is 1.15 bits per heavy atom. The van der Waals surface area contributed by atoms with Gasteiger partial charge in [-0.15, -0.1) is 0 Å². The molecular formula is C21H24N2O4. The summed E-state index contributed by atoms with van der Waals surface area (Å²) in [5.41, 5.74) is 2.76. The molecule has 1 saturated heterocycles. The molecule has 142 valence electrons. The normalized spacial score (nSPS) is 17.0. The quantitative estimate of drug-likeness (QED) is 0.899. The Balaban J connectivity index is 1.32. The topological polar surface area (TPSA) is 60.0 Å². The molecule has 2 aromatic carbocycles.